The molecule has 8 nitrogen and oxygen atoms in total. The van der Waals surface area contributed by atoms with Crippen molar-refractivity contribution in [2.45, 2.75) is 26.8 Å². The number of rotatable bonds is 6. The van der Waals surface area contributed by atoms with Crippen molar-refractivity contribution in [3.05, 3.63) is 29.1 Å². The highest BCUT2D eigenvalue weighted by atomic mass is 16.5. The number of hydrogen-bond acceptors (Lipinski definition) is 7. The first kappa shape index (κ1) is 18.8. The van der Waals surface area contributed by atoms with E-state index in [9.17, 15) is 9.59 Å². The van der Waals surface area contributed by atoms with E-state index in [1.54, 1.807) is 38.7 Å². The Morgan fingerprint density at radius 1 is 1.04 bits per heavy atom. The van der Waals surface area contributed by atoms with Gasteiger partial charge in [0.15, 0.2) is 22.9 Å². The van der Waals surface area contributed by atoms with E-state index in [4.69, 9.17) is 18.9 Å². The molecule has 0 bridgehead atoms. The molecule has 1 aromatic heterocycles. The van der Waals surface area contributed by atoms with Crippen LogP contribution in [0.15, 0.2) is 12.1 Å². The number of benzene rings is 1. The molecule has 0 unspecified atom stereocenters. The number of ether oxygens (including phenoxy) is 4. The van der Waals surface area contributed by atoms with Gasteiger partial charge in [-0.15, -0.1) is 0 Å². The maximum Gasteiger partial charge on any atom is 0.359 e. The first-order chi connectivity index (χ1) is 13.0. The highest BCUT2D eigenvalue weighted by Gasteiger charge is 2.32. The van der Waals surface area contributed by atoms with Gasteiger partial charge in [-0.05, 0) is 38.0 Å². The van der Waals surface area contributed by atoms with Crippen LogP contribution in [0.3, 0.4) is 0 Å². The van der Waals surface area contributed by atoms with Crippen LogP contribution in [-0.2, 0) is 22.4 Å². The van der Waals surface area contributed by atoms with Crippen LogP contribution in [0.2, 0.25) is 0 Å². The molecule has 2 aromatic rings. The number of carbonyl (C=O) groups is 2. The summed E-state index contributed by atoms with van der Waals surface area (Å²) in [5, 5.41) is 0. The minimum atomic E-state index is -0.649. The maximum atomic E-state index is 12.5. The van der Waals surface area contributed by atoms with Gasteiger partial charge in [0.25, 0.3) is 0 Å². The molecule has 2 heterocycles. The van der Waals surface area contributed by atoms with Gasteiger partial charge in [-0.3, -0.25) is 0 Å². The fourth-order valence-corrected chi connectivity index (χ4v) is 3.19. The Morgan fingerprint density at radius 2 is 1.67 bits per heavy atom. The van der Waals surface area contributed by atoms with Crippen molar-refractivity contribution in [2.75, 3.05) is 27.4 Å². The molecule has 144 valence electrons. The van der Waals surface area contributed by atoms with Crippen molar-refractivity contribution >= 4 is 11.9 Å². The Labute approximate surface area is 157 Å². The second-order valence-corrected chi connectivity index (χ2v) is 5.84. The van der Waals surface area contributed by atoms with Gasteiger partial charge in [0, 0.05) is 12.1 Å². The molecule has 0 amide bonds. The van der Waals surface area contributed by atoms with Crippen LogP contribution in [0, 0.1) is 0 Å². The lowest BCUT2D eigenvalue weighted by atomic mass is 9.99. The molecule has 0 radical (unpaired) electrons. The molecule has 0 atom stereocenters. The molecule has 1 aliphatic rings. The Kier molecular flexibility index (Phi) is 5.34. The number of imidazole rings is 1. The van der Waals surface area contributed by atoms with E-state index in [2.05, 4.69) is 4.98 Å². The molecule has 0 fully saturated rings. The summed E-state index contributed by atoms with van der Waals surface area (Å²) in [7, 11) is 3.12. The summed E-state index contributed by atoms with van der Waals surface area (Å²) in [6, 6.07) is 3.69. The summed E-state index contributed by atoms with van der Waals surface area (Å²) in [5.74, 6) is 0.423. The molecular weight excluding hydrogens is 352 g/mol. The number of carbonyl (C=O) groups excluding carboxylic acids is 2. The Hall–Kier alpha value is -3.03. The third-order valence-electron chi connectivity index (χ3n) is 4.36. The molecule has 3 rings (SSSR count). The van der Waals surface area contributed by atoms with E-state index in [1.807, 2.05) is 6.07 Å². The average Bonchev–Trinajstić information content (AvgIpc) is 3.07. The van der Waals surface area contributed by atoms with E-state index in [-0.39, 0.29) is 24.6 Å². The topological polar surface area (TPSA) is 88.9 Å². The second-order valence-electron chi connectivity index (χ2n) is 5.84. The molecule has 1 aliphatic heterocycles. The summed E-state index contributed by atoms with van der Waals surface area (Å²) < 4.78 is 22.7. The first-order valence-corrected chi connectivity index (χ1v) is 8.75. The SMILES string of the molecule is CCOC(=O)c1nc2n(c1C(=O)OCC)CCc1cc(OC)c(OC)cc1-2. The van der Waals surface area contributed by atoms with Crippen molar-refractivity contribution < 1.29 is 28.5 Å². The van der Waals surface area contributed by atoms with Crippen molar-refractivity contribution in [1.29, 1.82) is 0 Å². The van der Waals surface area contributed by atoms with Crippen LogP contribution in [0.25, 0.3) is 11.4 Å². The molecule has 0 aliphatic carbocycles. The van der Waals surface area contributed by atoms with Crippen molar-refractivity contribution in [3.8, 4) is 22.9 Å². The molecular formula is C19H22N2O6. The van der Waals surface area contributed by atoms with Crippen molar-refractivity contribution in [2.24, 2.45) is 0 Å². The highest BCUT2D eigenvalue weighted by Crippen LogP contribution is 2.39. The van der Waals surface area contributed by atoms with E-state index < -0.39 is 11.9 Å². The number of aromatic nitrogens is 2. The van der Waals surface area contributed by atoms with Gasteiger partial charge < -0.3 is 23.5 Å². The lowest BCUT2D eigenvalue weighted by molar-refractivity contribution is 0.0467. The maximum absolute atomic E-state index is 12.5. The molecule has 0 spiro atoms. The Morgan fingerprint density at radius 3 is 2.30 bits per heavy atom. The summed E-state index contributed by atoms with van der Waals surface area (Å²) in [4.78, 5) is 29.3. The monoisotopic (exact) mass is 374 g/mol. The van der Waals surface area contributed by atoms with Gasteiger partial charge in [0.1, 0.15) is 5.82 Å². The van der Waals surface area contributed by atoms with Gasteiger partial charge in [0.05, 0.1) is 27.4 Å². The summed E-state index contributed by atoms with van der Waals surface area (Å²) >= 11 is 0. The van der Waals surface area contributed by atoms with Gasteiger partial charge in [-0.2, -0.15) is 0 Å². The molecule has 1 aromatic carbocycles. The van der Waals surface area contributed by atoms with E-state index in [0.29, 0.717) is 30.3 Å². The molecule has 27 heavy (non-hydrogen) atoms. The predicted molar refractivity (Wildman–Crippen MR) is 96.4 cm³/mol. The minimum absolute atomic E-state index is 0.0343. The zero-order valence-electron chi connectivity index (χ0n) is 15.8. The largest absolute Gasteiger partial charge is 0.493 e. The van der Waals surface area contributed by atoms with Gasteiger partial charge in [-0.25, -0.2) is 14.6 Å². The Balaban J connectivity index is 2.20. The standard InChI is InChI=1S/C19H22N2O6/c1-5-26-18(22)15-16(19(23)27-6-2)21-8-7-11-9-13(24-3)14(25-4)10-12(11)17(21)20-15/h9-10H,5-8H2,1-4H3. The van der Waals surface area contributed by atoms with Crippen LogP contribution in [0.5, 0.6) is 11.5 Å². The smallest absolute Gasteiger partial charge is 0.359 e. The van der Waals surface area contributed by atoms with Crippen LogP contribution in [0.1, 0.15) is 40.4 Å². The number of aryl methyl sites for hydroxylation is 1. The van der Waals surface area contributed by atoms with Gasteiger partial charge >= 0.3 is 11.9 Å². The number of esters is 2. The molecule has 0 saturated carbocycles. The van der Waals surface area contributed by atoms with Crippen LogP contribution < -0.4 is 9.47 Å². The summed E-state index contributed by atoms with van der Waals surface area (Å²) in [6.45, 7) is 4.28. The number of fused-ring (bicyclic) bond motifs is 3. The third kappa shape index (κ3) is 3.22. The fourth-order valence-electron chi connectivity index (χ4n) is 3.19. The lowest BCUT2D eigenvalue weighted by Crippen LogP contribution is -2.20. The highest BCUT2D eigenvalue weighted by molar-refractivity contribution is 6.02. The lowest BCUT2D eigenvalue weighted by Gasteiger charge is -2.21. The van der Waals surface area contributed by atoms with Gasteiger partial charge in [-0.1, -0.05) is 0 Å². The van der Waals surface area contributed by atoms with E-state index >= 15 is 0 Å². The van der Waals surface area contributed by atoms with E-state index in [1.165, 1.54) is 0 Å². The molecule has 8 heteroatoms. The van der Waals surface area contributed by atoms with Crippen LogP contribution in [0.4, 0.5) is 0 Å². The van der Waals surface area contributed by atoms with Crippen LogP contribution >= 0.6 is 0 Å². The van der Waals surface area contributed by atoms with Crippen LogP contribution in [-0.4, -0.2) is 48.9 Å². The zero-order chi connectivity index (χ0) is 19.6. The third-order valence-corrected chi connectivity index (χ3v) is 4.36. The van der Waals surface area contributed by atoms with Gasteiger partial charge in [0.2, 0.25) is 0 Å². The molecule has 0 saturated heterocycles. The number of nitrogens with zero attached hydrogens (tertiary/aromatic N) is 2. The first-order valence-electron chi connectivity index (χ1n) is 8.75. The molecule has 0 N–H and O–H groups in total. The fraction of sp³-hybridized carbons (Fsp3) is 0.421. The van der Waals surface area contributed by atoms with Crippen molar-refractivity contribution in [3.63, 3.8) is 0 Å². The summed E-state index contributed by atoms with van der Waals surface area (Å²) in [5.41, 5.74) is 1.86. The normalized spacial score (nSPS) is 12.0. The number of methoxy groups -OCH3 is 2. The Bertz CT molecular complexity index is 887. The van der Waals surface area contributed by atoms with Crippen molar-refractivity contribution in [1.82, 2.24) is 9.55 Å². The predicted octanol–water partition coefficient (Wildman–Crippen LogP) is 2.48. The zero-order valence-corrected chi connectivity index (χ0v) is 15.8. The number of hydrogen-bond donors (Lipinski definition) is 0. The second kappa shape index (κ2) is 7.69. The van der Waals surface area contributed by atoms with E-state index in [0.717, 1.165) is 11.1 Å². The quantitative estimate of drug-likeness (QED) is 0.718. The average molecular weight is 374 g/mol. The minimum Gasteiger partial charge on any atom is -0.493 e. The summed E-state index contributed by atoms with van der Waals surface area (Å²) in [6.07, 6.45) is 0.647.